The maximum absolute atomic E-state index is 12.7. The van der Waals surface area contributed by atoms with Crippen molar-refractivity contribution in [3.05, 3.63) is 30.4 Å². The maximum atomic E-state index is 12.7. The number of hydrogen-bond donors (Lipinski definition) is 1. The lowest BCUT2D eigenvalue weighted by Gasteiger charge is -2.49. The van der Waals surface area contributed by atoms with E-state index >= 15 is 0 Å². The van der Waals surface area contributed by atoms with Gasteiger partial charge in [-0.3, -0.25) is 9.69 Å². The van der Waals surface area contributed by atoms with Crippen LogP contribution in [0.4, 0.5) is 0 Å². The molecule has 0 saturated carbocycles. The normalized spacial score (nSPS) is 26.9. The summed E-state index contributed by atoms with van der Waals surface area (Å²) in [7, 11) is 4.63. The molecule has 1 aromatic carbocycles. The van der Waals surface area contributed by atoms with Crippen molar-refractivity contribution in [2.24, 2.45) is 11.8 Å². The first-order chi connectivity index (χ1) is 12.6. The highest BCUT2D eigenvalue weighted by Crippen LogP contribution is 2.38. The van der Waals surface area contributed by atoms with Crippen molar-refractivity contribution >= 4 is 5.91 Å². The molecule has 1 unspecified atom stereocenters. The highest BCUT2D eigenvalue weighted by Gasteiger charge is 2.38. The third-order valence-electron chi connectivity index (χ3n) is 5.66. The van der Waals surface area contributed by atoms with Crippen LogP contribution in [0.3, 0.4) is 0 Å². The van der Waals surface area contributed by atoms with E-state index in [4.69, 9.17) is 14.2 Å². The Bertz CT molecular complexity index is 651. The molecule has 0 radical (unpaired) electrons. The molecular formula is C20H28N2O4. The van der Waals surface area contributed by atoms with Crippen LogP contribution in [0.5, 0.6) is 17.2 Å². The van der Waals surface area contributed by atoms with E-state index in [0.29, 0.717) is 47.2 Å². The zero-order valence-electron chi connectivity index (χ0n) is 15.8. The lowest BCUT2D eigenvalue weighted by molar-refractivity contribution is 0.0195. The Morgan fingerprint density at radius 2 is 1.96 bits per heavy atom. The number of methoxy groups -OCH3 is 3. The molecule has 0 aliphatic carbocycles. The Kier molecular flexibility index (Phi) is 5.71. The Labute approximate surface area is 155 Å². The molecule has 142 valence electrons. The first kappa shape index (κ1) is 18.6. The van der Waals surface area contributed by atoms with Crippen molar-refractivity contribution in [1.29, 1.82) is 0 Å². The number of carbonyl (C=O) groups is 1. The van der Waals surface area contributed by atoms with E-state index in [-0.39, 0.29) is 5.91 Å². The smallest absolute Gasteiger partial charge is 0.251 e. The van der Waals surface area contributed by atoms with Crippen molar-refractivity contribution in [2.75, 3.05) is 41.0 Å². The Morgan fingerprint density at radius 3 is 2.46 bits per heavy atom. The monoisotopic (exact) mass is 360 g/mol. The molecule has 6 heteroatoms. The van der Waals surface area contributed by atoms with Gasteiger partial charge < -0.3 is 19.5 Å². The first-order valence-electron chi connectivity index (χ1n) is 9.06. The van der Waals surface area contributed by atoms with E-state index in [9.17, 15) is 4.79 Å². The number of benzene rings is 1. The summed E-state index contributed by atoms with van der Waals surface area (Å²) in [6, 6.07) is 3.76. The van der Waals surface area contributed by atoms with Gasteiger partial charge in [0.2, 0.25) is 5.75 Å². The molecule has 26 heavy (non-hydrogen) atoms. The predicted octanol–water partition coefficient (Wildman–Crippen LogP) is 2.34. The Hall–Kier alpha value is -2.21. The number of hydrogen-bond acceptors (Lipinski definition) is 5. The van der Waals surface area contributed by atoms with E-state index in [1.165, 1.54) is 6.42 Å². The fourth-order valence-corrected chi connectivity index (χ4v) is 4.18. The van der Waals surface area contributed by atoms with Gasteiger partial charge in [0, 0.05) is 24.7 Å². The van der Waals surface area contributed by atoms with Gasteiger partial charge >= 0.3 is 0 Å². The summed E-state index contributed by atoms with van der Waals surface area (Å²) in [6.45, 7) is 6.77. The van der Waals surface area contributed by atoms with E-state index in [0.717, 1.165) is 19.5 Å². The SMILES string of the molecule is C=C[C@H]1CN2CC[C@H]1C[C@@H]2CNC(=O)c1cc(OC)c(OC)c(OC)c1. The van der Waals surface area contributed by atoms with Gasteiger partial charge in [0.05, 0.1) is 21.3 Å². The maximum Gasteiger partial charge on any atom is 0.251 e. The molecule has 4 rings (SSSR count). The van der Waals surface area contributed by atoms with Gasteiger partial charge in [-0.25, -0.2) is 0 Å². The van der Waals surface area contributed by atoms with Crippen LogP contribution in [0, 0.1) is 11.8 Å². The van der Waals surface area contributed by atoms with Gasteiger partial charge in [-0.1, -0.05) is 6.08 Å². The molecule has 0 aromatic heterocycles. The summed E-state index contributed by atoms with van der Waals surface area (Å²) >= 11 is 0. The van der Waals surface area contributed by atoms with Crippen molar-refractivity contribution in [2.45, 2.75) is 18.9 Å². The lowest BCUT2D eigenvalue weighted by atomic mass is 9.75. The minimum Gasteiger partial charge on any atom is -0.493 e. The molecule has 4 atom stereocenters. The minimum atomic E-state index is -0.132. The van der Waals surface area contributed by atoms with Crippen LogP contribution in [0.1, 0.15) is 23.2 Å². The molecule has 1 N–H and O–H groups in total. The molecule has 2 bridgehead atoms. The zero-order chi connectivity index (χ0) is 18.7. The molecular weight excluding hydrogens is 332 g/mol. The van der Waals surface area contributed by atoms with Crippen LogP contribution in [0.25, 0.3) is 0 Å². The molecule has 3 heterocycles. The summed E-state index contributed by atoms with van der Waals surface area (Å²) in [5.41, 5.74) is 0.499. The molecule has 0 spiro atoms. The fraction of sp³-hybridized carbons (Fsp3) is 0.550. The average molecular weight is 360 g/mol. The van der Waals surface area contributed by atoms with Crippen LogP contribution in [0.2, 0.25) is 0 Å². The topological polar surface area (TPSA) is 60.0 Å². The number of rotatable bonds is 7. The van der Waals surface area contributed by atoms with E-state index in [1.54, 1.807) is 33.5 Å². The molecule has 1 amide bonds. The quantitative estimate of drug-likeness (QED) is 0.757. The van der Waals surface area contributed by atoms with Gasteiger partial charge in [0.15, 0.2) is 11.5 Å². The van der Waals surface area contributed by atoms with Gasteiger partial charge in [-0.05, 0) is 43.4 Å². The number of nitrogens with zero attached hydrogens (tertiary/aromatic N) is 1. The molecule has 3 saturated heterocycles. The van der Waals surface area contributed by atoms with Crippen LogP contribution in [-0.2, 0) is 0 Å². The van der Waals surface area contributed by atoms with E-state index < -0.39 is 0 Å². The van der Waals surface area contributed by atoms with Crippen LogP contribution < -0.4 is 19.5 Å². The Morgan fingerprint density at radius 1 is 1.27 bits per heavy atom. The van der Waals surface area contributed by atoms with Crippen LogP contribution in [0.15, 0.2) is 24.8 Å². The molecule has 3 aliphatic heterocycles. The number of amides is 1. The molecule has 1 aromatic rings. The average Bonchev–Trinajstić information content (AvgIpc) is 2.70. The van der Waals surface area contributed by atoms with Gasteiger partial charge in [-0.2, -0.15) is 0 Å². The van der Waals surface area contributed by atoms with Gasteiger partial charge in [0.1, 0.15) is 0 Å². The predicted molar refractivity (Wildman–Crippen MR) is 100 cm³/mol. The van der Waals surface area contributed by atoms with Gasteiger partial charge in [0.25, 0.3) is 5.91 Å². The third-order valence-corrected chi connectivity index (χ3v) is 5.66. The van der Waals surface area contributed by atoms with E-state index in [1.807, 2.05) is 0 Å². The summed E-state index contributed by atoms with van der Waals surface area (Å²) in [6.07, 6.45) is 4.43. The molecule has 3 fully saturated rings. The highest BCUT2D eigenvalue weighted by molar-refractivity contribution is 5.95. The van der Waals surface area contributed by atoms with Crippen molar-refractivity contribution < 1.29 is 19.0 Å². The Balaban J connectivity index is 1.66. The number of fused-ring (bicyclic) bond motifs is 3. The second-order valence-electron chi connectivity index (χ2n) is 6.96. The first-order valence-corrected chi connectivity index (χ1v) is 9.06. The fourth-order valence-electron chi connectivity index (χ4n) is 4.18. The van der Waals surface area contributed by atoms with Crippen molar-refractivity contribution in [3.63, 3.8) is 0 Å². The largest absolute Gasteiger partial charge is 0.493 e. The molecule has 6 nitrogen and oxygen atoms in total. The summed E-state index contributed by atoms with van der Waals surface area (Å²) < 4.78 is 16.0. The number of carbonyl (C=O) groups excluding carboxylic acids is 1. The zero-order valence-corrected chi connectivity index (χ0v) is 15.8. The standard InChI is InChI=1S/C20H28N2O4/c1-5-13-12-22-7-6-14(13)8-16(22)11-21-20(23)15-9-17(24-2)19(26-4)18(10-15)25-3/h5,9-10,13-14,16H,1,6-8,11-12H2,2-4H3,(H,21,23)/t13-,14-,16+/m0/s1. The summed E-state index contributed by atoms with van der Waals surface area (Å²) in [5, 5.41) is 3.07. The number of ether oxygens (including phenoxy) is 3. The van der Waals surface area contributed by atoms with Crippen molar-refractivity contribution in [3.8, 4) is 17.2 Å². The van der Waals surface area contributed by atoms with Crippen LogP contribution in [-0.4, -0.2) is 57.8 Å². The number of nitrogens with one attached hydrogen (secondary N) is 1. The second-order valence-corrected chi connectivity index (χ2v) is 6.96. The second kappa shape index (κ2) is 7.99. The van der Waals surface area contributed by atoms with Crippen LogP contribution >= 0.6 is 0 Å². The lowest BCUT2D eigenvalue weighted by Crippen LogP contribution is -2.56. The summed E-state index contributed by atoms with van der Waals surface area (Å²) in [5.74, 6) is 2.59. The number of piperidine rings is 3. The van der Waals surface area contributed by atoms with Gasteiger partial charge in [-0.15, -0.1) is 6.58 Å². The third kappa shape index (κ3) is 3.51. The van der Waals surface area contributed by atoms with E-state index in [2.05, 4.69) is 22.9 Å². The minimum absolute atomic E-state index is 0.132. The molecule has 3 aliphatic rings. The van der Waals surface area contributed by atoms with Crippen molar-refractivity contribution in [1.82, 2.24) is 10.2 Å². The summed E-state index contributed by atoms with van der Waals surface area (Å²) in [4.78, 5) is 15.1. The highest BCUT2D eigenvalue weighted by atomic mass is 16.5.